The van der Waals surface area contributed by atoms with E-state index in [0.29, 0.717) is 5.69 Å². The molecule has 1 saturated heterocycles. The van der Waals surface area contributed by atoms with Crippen LogP contribution in [0.2, 0.25) is 0 Å². The molecule has 4 nitrogen and oxygen atoms in total. The van der Waals surface area contributed by atoms with Crippen LogP contribution in [-0.4, -0.2) is 28.1 Å². The van der Waals surface area contributed by atoms with Crippen molar-refractivity contribution in [3.05, 3.63) is 23.4 Å². The molecular weight excluding hydrogens is 216 g/mol. The summed E-state index contributed by atoms with van der Waals surface area (Å²) >= 11 is 0. The summed E-state index contributed by atoms with van der Waals surface area (Å²) in [6, 6.07) is 3.46. The van der Waals surface area contributed by atoms with Crippen LogP contribution in [-0.2, 0) is 0 Å². The molecular formula is C13H18N2O2. The molecule has 92 valence electrons. The summed E-state index contributed by atoms with van der Waals surface area (Å²) < 4.78 is 0. The first-order valence-electron chi connectivity index (χ1n) is 5.90. The van der Waals surface area contributed by atoms with Crippen LogP contribution in [0.3, 0.4) is 0 Å². The number of hydrogen-bond donors (Lipinski definition) is 1. The Bertz CT molecular complexity index is 455. The highest BCUT2D eigenvalue weighted by Gasteiger charge is 2.32. The molecule has 0 radical (unpaired) electrons. The van der Waals surface area contributed by atoms with Gasteiger partial charge in [0.1, 0.15) is 5.82 Å². The van der Waals surface area contributed by atoms with Crippen molar-refractivity contribution in [2.45, 2.75) is 39.2 Å². The zero-order chi connectivity index (χ0) is 12.6. The maximum absolute atomic E-state index is 10.9. The number of aromatic nitrogens is 1. The summed E-state index contributed by atoms with van der Waals surface area (Å²) in [6.07, 6.45) is 2.31. The number of carbonyl (C=O) groups is 1. The van der Waals surface area contributed by atoms with E-state index < -0.39 is 5.97 Å². The second kappa shape index (κ2) is 4.02. The van der Waals surface area contributed by atoms with E-state index in [-0.39, 0.29) is 11.1 Å². The van der Waals surface area contributed by atoms with Crippen LogP contribution in [0.25, 0.3) is 0 Å². The van der Waals surface area contributed by atoms with Crippen molar-refractivity contribution in [3.8, 4) is 0 Å². The molecule has 17 heavy (non-hydrogen) atoms. The third-order valence-electron chi connectivity index (χ3n) is 3.48. The molecule has 4 heteroatoms. The Labute approximate surface area is 101 Å². The zero-order valence-electron chi connectivity index (χ0n) is 10.5. The van der Waals surface area contributed by atoms with Crippen molar-refractivity contribution < 1.29 is 9.90 Å². The third kappa shape index (κ3) is 2.12. The van der Waals surface area contributed by atoms with Crippen LogP contribution in [0.4, 0.5) is 5.82 Å². The number of carboxylic acid groups (broad SMARTS) is 1. The van der Waals surface area contributed by atoms with Crippen molar-refractivity contribution in [2.24, 2.45) is 0 Å². The van der Waals surface area contributed by atoms with Crippen molar-refractivity contribution >= 4 is 11.8 Å². The van der Waals surface area contributed by atoms with E-state index in [1.807, 2.05) is 6.07 Å². The molecule has 0 spiro atoms. The first-order valence-corrected chi connectivity index (χ1v) is 5.90. The van der Waals surface area contributed by atoms with E-state index in [2.05, 4.69) is 23.7 Å². The van der Waals surface area contributed by atoms with E-state index in [1.54, 1.807) is 13.0 Å². The van der Waals surface area contributed by atoms with Crippen molar-refractivity contribution in [1.82, 2.24) is 4.98 Å². The average molecular weight is 234 g/mol. The van der Waals surface area contributed by atoms with E-state index in [4.69, 9.17) is 5.11 Å². The summed E-state index contributed by atoms with van der Waals surface area (Å²) in [4.78, 5) is 17.6. The lowest BCUT2D eigenvalue weighted by molar-refractivity contribution is 0.0695. The Balaban J connectivity index is 2.35. The van der Waals surface area contributed by atoms with Crippen LogP contribution in [0.1, 0.15) is 42.7 Å². The Morgan fingerprint density at radius 2 is 2.18 bits per heavy atom. The molecule has 1 fully saturated rings. The monoisotopic (exact) mass is 234 g/mol. The van der Waals surface area contributed by atoms with Gasteiger partial charge in [0.2, 0.25) is 0 Å². The van der Waals surface area contributed by atoms with E-state index in [0.717, 1.165) is 25.2 Å². The van der Waals surface area contributed by atoms with E-state index in [1.165, 1.54) is 0 Å². The van der Waals surface area contributed by atoms with Crippen LogP contribution in [0.15, 0.2) is 12.1 Å². The number of pyridine rings is 1. The summed E-state index contributed by atoms with van der Waals surface area (Å²) in [5.41, 5.74) is 0.980. The Kier molecular flexibility index (Phi) is 2.81. The molecule has 0 atom stereocenters. The van der Waals surface area contributed by atoms with Gasteiger partial charge in [0.15, 0.2) is 0 Å². The Hall–Kier alpha value is -1.58. The highest BCUT2D eigenvalue weighted by Crippen LogP contribution is 2.32. The molecule has 0 aromatic carbocycles. The van der Waals surface area contributed by atoms with Gasteiger partial charge in [0.25, 0.3) is 0 Å². The molecule has 2 rings (SSSR count). The molecule has 0 unspecified atom stereocenters. The molecule has 1 aromatic rings. The minimum absolute atomic E-state index is 0.115. The minimum Gasteiger partial charge on any atom is -0.478 e. The van der Waals surface area contributed by atoms with Gasteiger partial charge in [0, 0.05) is 12.1 Å². The number of hydrogen-bond acceptors (Lipinski definition) is 3. The zero-order valence-corrected chi connectivity index (χ0v) is 10.5. The molecule has 2 heterocycles. The second-order valence-corrected chi connectivity index (χ2v) is 5.18. The largest absolute Gasteiger partial charge is 0.478 e. The fourth-order valence-corrected chi connectivity index (χ4v) is 2.46. The third-order valence-corrected chi connectivity index (χ3v) is 3.48. The van der Waals surface area contributed by atoms with Crippen LogP contribution in [0, 0.1) is 6.92 Å². The van der Waals surface area contributed by atoms with Crippen molar-refractivity contribution in [3.63, 3.8) is 0 Å². The summed E-state index contributed by atoms with van der Waals surface area (Å²) in [5, 5.41) is 8.97. The highest BCUT2D eigenvalue weighted by atomic mass is 16.4. The van der Waals surface area contributed by atoms with Gasteiger partial charge >= 0.3 is 5.97 Å². The average Bonchev–Trinajstić information content (AvgIpc) is 2.57. The van der Waals surface area contributed by atoms with Gasteiger partial charge in [-0.15, -0.1) is 0 Å². The molecule has 1 aromatic heterocycles. The van der Waals surface area contributed by atoms with Crippen LogP contribution >= 0.6 is 0 Å². The number of aryl methyl sites for hydroxylation is 1. The Morgan fingerprint density at radius 3 is 2.65 bits per heavy atom. The van der Waals surface area contributed by atoms with E-state index in [9.17, 15) is 4.79 Å². The predicted octanol–water partition coefficient (Wildman–Crippen LogP) is 2.47. The Morgan fingerprint density at radius 1 is 1.47 bits per heavy atom. The number of rotatable bonds is 2. The topological polar surface area (TPSA) is 53.4 Å². The molecule has 0 aliphatic carbocycles. The molecule has 1 N–H and O–H groups in total. The van der Waals surface area contributed by atoms with Gasteiger partial charge in [-0.3, -0.25) is 0 Å². The molecule has 0 amide bonds. The quantitative estimate of drug-likeness (QED) is 0.854. The number of nitrogens with zero attached hydrogens (tertiary/aromatic N) is 2. The standard InChI is InChI=1S/C13H18N2O2/c1-9-10(12(16)17)5-6-11(14-9)15-8-4-7-13(15,2)3/h5-6H,4,7-8H2,1-3H3,(H,16,17). The molecule has 1 aliphatic rings. The highest BCUT2D eigenvalue weighted by molar-refractivity contribution is 5.89. The van der Waals surface area contributed by atoms with Crippen LogP contribution in [0.5, 0.6) is 0 Å². The minimum atomic E-state index is -0.915. The van der Waals surface area contributed by atoms with Gasteiger partial charge < -0.3 is 10.0 Å². The fourth-order valence-electron chi connectivity index (χ4n) is 2.46. The number of anilines is 1. The summed E-state index contributed by atoms with van der Waals surface area (Å²) in [7, 11) is 0. The summed E-state index contributed by atoms with van der Waals surface area (Å²) in [5.74, 6) is -0.0303. The van der Waals surface area contributed by atoms with Gasteiger partial charge in [-0.25, -0.2) is 9.78 Å². The van der Waals surface area contributed by atoms with Gasteiger partial charge in [0.05, 0.1) is 11.3 Å². The van der Waals surface area contributed by atoms with Crippen molar-refractivity contribution in [2.75, 3.05) is 11.4 Å². The first kappa shape index (κ1) is 11.9. The predicted molar refractivity (Wildman–Crippen MR) is 66.6 cm³/mol. The lowest BCUT2D eigenvalue weighted by Crippen LogP contribution is -2.38. The normalized spacial score (nSPS) is 18.4. The number of carboxylic acids is 1. The molecule has 0 bridgehead atoms. The number of aromatic carboxylic acids is 1. The van der Waals surface area contributed by atoms with Crippen molar-refractivity contribution in [1.29, 1.82) is 0 Å². The van der Waals surface area contributed by atoms with Gasteiger partial charge in [-0.1, -0.05) is 0 Å². The molecule has 0 saturated carbocycles. The smallest absolute Gasteiger partial charge is 0.337 e. The lowest BCUT2D eigenvalue weighted by Gasteiger charge is -2.32. The summed E-state index contributed by atoms with van der Waals surface area (Å²) in [6.45, 7) is 7.13. The lowest BCUT2D eigenvalue weighted by atomic mass is 10.0. The van der Waals surface area contributed by atoms with E-state index >= 15 is 0 Å². The van der Waals surface area contributed by atoms with Gasteiger partial charge in [-0.2, -0.15) is 0 Å². The SMILES string of the molecule is Cc1nc(N2CCCC2(C)C)ccc1C(=O)O. The molecule has 1 aliphatic heterocycles. The van der Waals surface area contributed by atoms with Gasteiger partial charge in [-0.05, 0) is 45.7 Å². The maximum Gasteiger partial charge on any atom is 0.337 e. The fraction of sp³-hybridized carbons (Fsp3) is 0.538. The maximum atomic E-state index is 10.9. The first-order chi connectivity index (χ1) is 7.92. The van der Waals surface area contributed by atoms with Crippen LogP contribution < -0.4 is 4.90 Å². The second-order valence-electron chi connectivity index (χ2n) is 5.18.